The topological polar surface area (TPSA) is 61.0 Å². The summed E-state index contributed by atoms with van der Waals surface area (Å²) in [4.78, 5) is 10.0. The predicted octanol–water partition coefficient (Wildman–Crippen LogP) is 2.74. The van der Waals surface area contributed by atoms with Crippen LogP contribution in [-0.2, 0) is 6.54 Å². The van der Waals surface area contributed by atoms with E-state index in [1.807, 2.05) is 0 Å². The van der Waals surface area contributed by atoms with Crippen LogP contribution in [0.15, 0.2) is 34.9 Å². The average molecular weight is 300 g/mol. The Balaban J connectivity index is 2.22. The van der Waals surface area contributed by atoms with Crippen LogP contribution in [0.3, 0.4) is 0 Å². The van der Waals surface area contributed by atoms with Crippen molar-refractivity contribution < 1.29 is 9.31 Å². The van der Waals surface area contributed by atoms with Crippen LogP contribution in [0.5, 0.6) is 0 Å². The van der Waals surface area contributed by atoms with E-state index in [1.54, 1.807) is 12.1 Å². The number of nitro groups is 1. The zero-order valence-corrected chi connectivity index (χ0v) is 10.1. The summed E-state index contributed by atoms with van der Waals surface area (Å²) < 4.78 is 14.4. The summed E-state index contributed by atoms with van der Waals surface area (Å²) in [5, 5.41) is 14.4. The molecule has 0 aliphatic heterocycles. The number of hydrogen-bond donors (Lipinski definition) is 0. The van der Waals surface area contributed by atoms with E-state index in [1.165, 1.54) is 23.0 Å². The van der Waals surface area contributed by atoms with E-state index in [0.29, 0.717) is 11.0 Å². The third-order valence-corrected chi connectivity index (χ3v) is 2.69. The van der Waals surface area contributed by atoms with E-state index >= 15 is 0 Å². The molecule has 5 nitrogen and oxygen atoms in total. The maximum absolute atomic E-state index is 12.7. The standard InChI is InChI=1S/C10H7BrFN3O2/c11-9-6-14(13-10(9)15(16)17)5-7-1-3-8(12)4-2-7/h1-4,6H,5H2. The first-order valence-corrected chi connectivity index (χ1v) is 5.47. The molecular weight excluding hydrogens is 293 g/mol. The maximum atomic E-state index is 12.7. The molecule has 0 atom stereocenters. The quantitative estimate of drug-likeness (QED) is 0.647. The molecule has 0 radical (unpaired) electrons. The van der Waals surface area contributed by atoms with Gasteiger partial charge >= 0.3 is 5.82 Å². The largest absolute Gasteiger partial charge is 0.404 e. The maximum Gasteiger partial charge on any atom is 0.404 e. The summed E-state index contributed by atoms with van der Waals surface area (Å²) in [5.41, 5.74) is 0.816. The summed E-state index contributed by atoms with van der Waals surface area (Å²) in [5.74, 6) is -0.548. The van der Waals surface area contributed by atoms with Crippen molar-refractivity contribution in [2.75, 3.05) is 0 Å². The molecule has 1 aromatic carbocycles. The molecule has 7 heteroatoms. The normalized spacial score (nSPS) is 10.5. The molecule has 2 rings (SSSR count). The molecule has 0 bridgehead atoms. The van der Waals surface area contributed by atoms with E-state index in [0.717, 1.165) is 5.56 Å². The zero-order chi connectivity index (χ0) is 12.4. The Morgan fingerprint density at radius 3 is 2.59 bits per heavy atom. The van der Waals surface area contributed by atoms with Crippen molar-refractivity contribution in [3.63, 3.8) is 0 Å². The van der Waals surface area contributed by atoms with Gasteiger partial charge in [0.1, 0.15) is 10.3 Å². The van der Waals surface area contributed by atoms with Crippen LogP contribution in [0, 0.1) is 15.9 Å². The minimum Gasteiger partial charge on any atom is -0.358 e. The fourth-order valence-electron chi connectivity index (χ4n) is 1.37. The summed E-state index contributed by atoms with van der Waals surface area (Å²) in [6, 6.07) is 5.89. The van der Waals surface area contributed by atoms with Crippen LogP contribution < -0.4 is 0 Å². The van der Waals surface area contributed by atoms with E-state index in [9.17, 15) is 14.5 Å². The second-order valence-electron chi connectivity index (χ2n) is 3.38. The van der Waals surface area contributed by atoms with Gasteiger partial charge in [-0.25, -0.2) is 4.39 Å². The Morgan fingerprint density at radius 2 is 2.06 bits per heavy atom. The lowest BCUT2D eigenvalue weighted by Gasteiger charge is -1.97. The first kappa shape index (κ1) is 11.7. The Hall–Kier alpha value is -1.76. The van der Waals surface area contributed by atoms with Gasteiger partial charge in [0.25, 0.3) is 0 Å². The first-order chi connectivity index (χ1) is 8.06. The number of aromatic nitrogens is 2. The molecule has 88 valence electrons. The van der Waals surface area contributed by atoms with E-state index in [4.69, 9.17) is 0 Å². The first-order valence-electron chi connectivity index (χ1n) is 4.68. The van der Waals surface area contributed by atoms with E-state index in [-0.39, 0.29) is 11.6 Å². The van der Waals surface area contributed by atoms with Gasteiger partial charge in [-0.15, -0.1) is 0 Å². The van der Waals surface area contributed by atoms with E-state index < -0.39 is 4.92 Å². The number of halogens is 2. The molecule has 0 N–H and O–H groups in total. The lowest BCUT2D eigenvalue weighted by Crippen LogP contribution is -2.01. The van der Waals surface area contributed by atoms with Crippen molar-refractivity contribution in [1.29, 1.82) is 0 Å². The average Bonchev–Trinajstić information content (AvgIpc) is 2.63. The Bertz CT molecular complexity index is 553. The lowest BCUT2D eigenvalue weighted by atomic mass is 10.2. The van der Waals surface area contributed by atoms with E-state index in [2.05, 4.69) is 21.0 Å². The molecule has 0 spiro atoms. The summed E-state index contributed by atoms with van der Waals surface area (Å²) in [6.07, 6.45) is 1.52. The number of hydrogen-bond acceptors (Lipinski definition) is 3. The Morgan fingerprint density at radius 1 is 1.41 bits per heavy atom. The Kier molecular flexibility index (Phi) is 3.19. The lowest BCUT2D eigenvalue weighted by molar-refractivity contribution is -0.390. The number of nitrogens with zero attached hydrogens (tertiary/aromatic N) is 3. The Labute approximate surface area is 104 Å². The van der Waals surface area contributed by atoms with Gasteiger partial charge in [0, 0.05) is 0 Å². The summed E-state index contributed by atoms with van der Waals surface area (Å²) in [6.45, 7) is 0.354. The summed E-state index contributed by atoms with van der Waals surface area (Å²) >= 11 is 3.06. The molecule has 1 heterocycles. The molecule has 0 amide bonds. The van der Waals surface area contributed by atoms with Crippen LogP contribution >= 0.6 is 15.9 Å². The van der Waals surface area contributed by atoms with Crippen molar-refractivity contribution >= 4 is 21.7 Å². The van der Waals surface area contributed by atoms with Crippen molar-refractivity contribution in [2.45, 2.75) is 6.54 Å². The molecule has 0 unspecified atom stereocenters. The highest BCUT2D eigenvalue weighted by Gasteiger charge is 2.18. The highest BCUT2D eigenvalue weighted by molar-refractivity contribution is 9.10. The highest BCUT2D eigenvalue weighted by Crippen LogP contribution is 2.22. The molecule has 1 aromatic heterocycles. The number of rotatable bonds is 3. The van der Waals surface area contributed by atoms with Crippen molar-refractivity contribution in [2.24, 2.45) is 0 Å². The molecule has 0 aliphatic carbocycles. The molecule has 0 saturated heterocycles. The van der Waals surface area contributed by atoms with Gasteiger partial charge in [-0.05, 0) is 38.5 Å². The minimum absolute atomic E-state index is 0.230. The molecule has 2 aromatic rings. The van der Waals surface area contributed by atoms with Crippen LogP contribution in [-0.4, -0.2) is 14.7 Å². The van der Waals surface area contributed by atoms with Crippen molar-refractivity contribution in [3.8, 4) is 0 Å². The molecule has 0 fully saturated rings. The summed E-state index contributed by atoms with van der Waals surface area (Å²) in [7, 11) is 0. The van der Waals surface area contributed by atoms with Crippen LogP contribution in [0.25, 0.3) is 0 Å². The van der Waals surface area contributed by atoms with Gasteiger partial charge in [-0.3, -0.25) is 0 Å². The van der Waals surface area contributed by atoms with Gasteiger partial charge in [-0.1, -0.05) is 12.1 Å². The van der Waals surface area contributed by atoms with Crippen LogP contribution in [0.1, 0.15) is 5.56 Å². The van der Waals surface area contributed by atoms with Gasteiger partial charge < -0.3 is 10.1 Å². The smallest absolute Gasteiger partial charge is 0.358 e. The van der Waals surface area contributed by atoms with Crippen LogP contribution in [0.4, 0.5) is 10.2 Å². The van der Waals surface area contributed by atoms with Crippen LogP contribution in [0.2, 0.25) is 0 Å². The van der Waals surface area contributed by atoms with Gasteiger partial charge in [0.2, 0.25) is 0 Å². The third-order valence-electron chi connectivity index (χ3n) is 2.13. The van der Waals surface area contributed by atoms with Gasteiger partial charge in [0.15, 0.2) is 0 Å². The second-order valence-corrected chi connectivity index (χ2v) is 4.24. The SMILES string of the molecule is O=[N+]([O-])c1nn(Cc2ccc(F)cc2)cc1Br. The molecular formula is C10H7BrFN3O2. The highest BCUT2D eigenvalue weighted by atomic mass is 79.9. The fourth-order valence-corrected chi connectivity index (χ4v) is 1.83. The number of benzene rings is 1. The second kappa shape index (κ2) is 4.62. The van der Waals surface area contributed by atoms with Gasteiger partial charge in [0.05, 0.1) is 17.8 Å². The molecule has 0 saturated carbocycles. The third kappa shape index (κ3) is 2.68. The zero-order valence-electron chi connectivity index (χ0n) is 8.51. The monoisotopic (exact) mass is 299 g/mol. The fraction of sp³-hybridized carbons (Fsp3) is 0.100. The van der Waals surface area contributed by atoms with Crippen molar-refractivity contribution in [3.05, 3.63) is 56.4 Å². The van der Waals surface area contributed by atoms with Gasteiger partial charge in [-0.2, -0.15) is 4.68 Å². The molecule has 17 heavy (non-hydrogen) atoms. The van der Waals surface area contributed by atoms with Crippen molar-refractivity contribution in [1.82, 2.24) is 9.78 Å². The molecule has 0 aliphatic rings. The minimum atomic E-state index is -0.564. The predicted molar refractivity (Wildman–Crippen MR) is 62.1 cm³/mol.